The molecule has 1 aliphatic rings. The van der Waals surface area contributed by atoms with Gasteiger partial charge >= 0.3 is 6.18 Å². The first-order chi connectivity index (χ1) is 14.5. The molecule has 2 aromatic carbocycles. The van der Waals surface area contributed by atoms with Crippen LogP contribution in [0.4, 0.5) is 18.9 Å². The lowest BCUT2D eigenvalue weighted by Gasteiger charge is -2.30. The Morgan fingerprint density at radius 3 is 2.45 bits per heavy atom. The maximum atomic E-state index is 13.1. The lowest BCUT2D eigenvalue weighted by atomic mass is 9.97. The van der Waals surface area contributed by atoms with E-state index in [2.05, 4.69) is 5.32 Å². The molecule has 1 fully saturated rings. The molecule has 10 heteroatoms. The smallest absolute Gasteiger partial charge is 0.326 e. The molecule has 3 rings (SSSR count). The first-order valence-electron chi connectivity index (χ1n) is 9.79. The summed E-state index contributed by atoms with van der Waals surface area (Å²) >= 11 is 5.58. The second-order valence-electron chi connectivity index (χ2n) is 7.36. The molecule has 5 nitrogen and oxygen atoms in total. The molecular weight excluding hydrogens is 453 g/mol. The third-order valence-corrected chi connectivity index (χ3v) is 7.53. The van der Waals surface area contributed by atoms with Crippen molar-refractivity contribution >= 4 is 33.2 Å². The Morgan fingerprint density at radius 2 is 1.84 bits per heavy atom. The van der Waals surface area contributed by atoms with E-state index in [1.165, 1.54) is 0 Å². The van der Waals surface area contributed by atoms with Gasteiger partial charge < -0.3 is 5.32 Å². The van der Waals surface area contributed by atoms with Crippen LogP contribution >= 0.6 is 11.6 Å². The van der Waals surface area contributed by atoms with E-state index in [4.69, 9.17) is 11.6 Å². The van der Waals surface area contributed by atoms with Gasteiger partial charge in [0.2, 0.25) is 15.9 Å². The van der Waals surface area contributed by atoms with Gasteiger partial charge in [-0.15, -0.1) is 0 Å². The van der Waals surface area contributed by atoms with Crippen LogP contribution in [0, 0.1) is 5.92 Å². The number of benzene rings is 2. The van der Waals surface area contributed by atoms with Gasteiger partial charge in [0.05, 0.1) is 15.5 Å². The van der Waals surface area contributed by atoms with Crippen LogP contribution in [0.5, 0.6) is 0 Å². The highest BCUT2D eigenvalue weighted by atomic mass is 35.5. The number of hydrogen-bond donors (Lipinski definition) is 1. The SMILES string of the molecule is CCc1cccc(NC(=O)C2CCN(S(=O)(=O)c3ccc(Cl)c(C(F)(F)F)c3)CC2)c1. The minimum absolute atomic E-state index is 0.0411. The van der Waals surface area contributed by atoms with Gasteiger partial charge in [0.1, 0.15) is 0 Å². The molecule has 31 heavy (non-hydrogen) atoms. The number of sulfonamides is 1. The van der Waals surface area contributed by atoms with Crippen LogP contribution in [-0.2, 0) is 27.4 Å². The van der Waals surface area contributed by atoms with E-state index in [0.29, 0.717) is 11.8 Å². The molecule has 2 aromatic rings. The molecule has 0 unspecified atom stereocenters. The fraction of sp³-hybridized carbons (Fsp3) is 0.381. The number of halogens is 4. The molecule has 168 valence electrons. The number of nitrogens with one attached hydrogen (secondary N) is 1. The fourth-order valence-electron chi connectivity index (χ4n) is 3.50. The molecule has 0 bridgehead atoms. The summed E-state index contributed by atoms with van der Waals surface area (Å²) in [6.07, 6.45) is -3.38. The Bertz CT molecular complexity index is 1070. The van der Waals surface area contributed by atoms with Crippen LogP contribution in [0.25, 0.3) is 0 Å². The zero-order valence-electron chi connectivity index (χ0n) is 16.7. The minimum atomic E-state index is -4.76. The molecule has 1 aliphatic heterocycles. The zero-order chi connectivity index (χ0) is 22.8. The topological polar surface area (TPSA) is 66.5 Å². The van der Waals surface area contributed by atoms with Crippen LogP contribution in [0.3, 0.4) is 0 Å². The first-order valence-corrected chi connectivity index (χ1v) is 11.6. The van der Waals surface area contributed by atoms with Crippen LogP contribution in [0.1, 0.15) is 30.9 Å². The summed E-state index contributed by atoms with van der Waals surface area (Å²) in [7, 11) is -4.14. The molecule has 1 N–H and O–H groups in total. The largest absolute Gasteiger partial charge is 0.417 e. The number of amides is 1. The van der Waals surface area contributed by atoms with E-state index in [1.807, 2.05) is 25.1 Å². The quantitative estimate of drug-likeness (QED) is 0.666. The molecule has 0 atom stereocenters. The molecule has 0 spiro atoms. The zero-order valence-corrected chi connectivity index (χ0v) is 18.3. The van der Waals surface area contributed by atoms with Gasteiger partial charge in [-0.3, -0.25) is 4.79 Å². The third kappa shape index (κ3) is 5.39. The average Bonchev–Trinajstić information content (AvgIpc) is 2.73. The summed E-state index contributed by atoms with van der Waals surface area (Å²) in [5.74, 6) is -0.580. The Balaban J connectivity index is 1.68. The van der Waals surface area contributed by atoms with Crippen LogP contribution < -0.4 is 5.32 Å². The predicted octanol–water partition coefficient (Wildman–Crippen LogP) is 4.96. The maximum absolute atomic E-state index is 13.1. The van der Waals surface area contributed by atoms with Crippen LogP contribution in [0.15, 0.2) is 47.4 Å². The van der Waals surface area contributed by atoms with Crippen LogP contribution in [-0.4, -0.2) is 31.7 Å². The summed E-state index contributed by atoms with van der Waals surface area (Å²) in [5.41, 5.74) is 0.568. The Kier molecular flexibility index (Phi) is 6.98. The molecule has 1 amide bonds. The van der Waals surface area contributed by atoms with Gasteiger partial charge in [-0.25, -0.2) is 8.42 Å². The standard InChI is InChI=1S/C21H22ClF3N2O3S/c1-2-14-4-3-5-16(12-14)26-20(28)15-8-10-27(11-9-15)31(29,30)17-6-7-19(22)18(13-17)21(23,24)25/h3-7,12-13,15H,2,8-11H2,1H3,(H,26,28). The van der Waals surface area contributed by atoms with E-state index in [1.54, 1.807) is 6.07 Å². The number of carbonyl (C=O) groups excluding carboxylic acids is 1. The lowest BCUT2D eigenvalue weighted by molar-refractivity contribution is -0.137. The second kappa shape index (κ2) is 9.18. The van der Waals surface area contributed by atoms with Crippen molar-refractivity contribution in [3.8, 4) is 0 Å². The number of rotatable bonds is 5. The van der Waals surface area contributed by atoms with E-state index in [-0.39, 0.29) is 37.8 Å². The first kappa shape index (κ1) is 23.6. The summed E-state index contributed by atoms with van der Waals surface area (Å²) in [6, 6.07) is 10.0. The van der Waals surface area contributed by atoms with Gasteiger partial charge in [-0.05, 0) is 55.2 Å². The Hall–Kier alpha value is -2.10. The summed E-state index contributed by atoms with van der Waals surface area (Å²) in [6.45, 7) is 2.09. The normalized spacial score (nSPS) is 16.3. The van der Waals surface area contributed by atoms with Crippen molar-refractivity contribution in [3.63, 3.8) is 0 Å². The van der Waals surface area contributed by atoms with Crippen molar-refractivity contribution in [2.24, 2.45) is 5.92 Å². The van der Waals surface area contributed by atoms with Gasteiger partial charge in [-0.2, -0.15) is 17.5 Å². The monoisotopic (exact) mass is 474 g/mol. The summed E-state index contributed by atoms with van der Waals surface area (Å²) in [5, 5.41) is 2.29. The van der Waals surface area contributed by atoms with Gasteiger partial charge in [0.25, 0.3) is 0 Å². The predicted molar refractivity (Wildman–Crippen MR) is 112 cm³/mol. The Labute approximate surface area is 184 Å². The van der Waals surface area contributed by atoms with E-state index in [0.717, 1.165) is 28.4 Å². The lowest BCUT2D eigenvalue weighted by Crippen LogP contribution is -2.41. The Morgan fingerprint density at radius 1 is 1.16 bits per heavy atom. The van der Waals surface area contributed by atoms with Crippen molar-refractivity contribution in [3.05, 3.63) is 58.6 Å². The van der Waals surface area contributed by atoms with Gasteiger partial charge in [-0.1, -0.05) is 30.7 Å². The number of carbonyl (C=O) groups is 1. The van der Waals surface area contributed by atoms with Crippen molar-refractivity contribution < 1.29 is 26.4 Å². The van der Waals surface area contributed by atoms with E-state index < -0.39 is 31.7 Å². The van der Waals surface area contributed by atoms with Gasteiger partial charge in [0, 0.05) is 24.7 Å². The van der Waals surface area contributed by atoms with E-state index in [9.17, 15) is 26.4 Å². The number of nitrogens with zero attached hydrogens (tertiary/aromatic N) is 1. The maximum Gasteiger partial charge on any atom is 0.417 e. The van der Waals surface area contributed by atoms with Crippen molar-refractivity contribution in [2.45, 2.75) is 37.3 Å². The van der Waals surface area contributed by atoms with Crippen molar-refractivity contribution in [1.29, 1.82) is 0 Å². The number of aryl methyl sites for hydroxylation is 1. The average molecular weight is 475 g/mol. The van der Waals surface area contributed by atoms with Crippen LogP contribution in [0.2, 0.25) is 5.02 Å². The van der Waals surface area contributed by atoms with Crippen molar-refractivity contribution in [2.75, 3.05) is 18.4 Å². The fourth-order valence-corrected chi connectivity index (χ4v) is 5.22. The molecule has 0 radical (unpaired) electrons. The highest BCUT2D eigenvalue weighted by Gasteiger charge is 2.37. The molecule has 1 heterocycles. The number of anilines is 1. The number of hydrogen-bond acceptors (Lipinski definition) is 3. The van der Waals surface area contributed by atoms with E-state index >= 15 is 0 Å². The second-order valence-corrected chi connectivity index (χ2v) is 9.71. The minimum Gasteiger partial charge on any atom is -0.326 e. The summed E-state index contributed by atoms with van der Waals surface area (Å²) < 4.78 is 66.0. The van der Waals surface area contributed by atoms with Crippen molar-refractivity contribution in [1.82, 2.24) is 4.31 Å². The number of alkyl halides is 3. The molecular formula is C21H22ClF3N2O3S. The highest BCUT2D eigenvalue weighted by Crippen LogP contribution is 2.36. The molecule has 0 aromatic heterocycles. The molecule has 1 saturated heterocycles. The molecule has 0 aliphatic carbocycles. The van der Waals surface area contributed by atoms with Gasteiger partial charge in [0.15, 0.2) is 0 Å². The molecule has 0 saturated carbocycles. The highest BCUT2D eigenvalue weighted by molar-refractivity contribution is 7.89. The third-order valence-electron chi connectivity index (χ3n) is 5.31. The summed E-state index contributed by atoms with van der Waals surface area (Å²) in [4.78, 5) is 12.1. The number of piperidine rings is 1.